The number of unbranched alkanes of at least 4 members (excludes halogenated alkanes) is 1. The zero-order chi connectivity index (χ0) is 19.9. The summed E-state index contributed by atoms with van der Waals surface area (Å²) in [6, 6.07) is 10.7. The van der Waals surface area contributed by atoms with Crippen molar-refractivity contribution in [1.82, 2.24) is 0 Å². The van der Waals surface area contributed by atoms with Gasteiger partial charge in [-0.3, -0.25) is 0 Å². The number of aryl methyl sites for hydroxylation is 1. The first-order valence-electron chi connectivity index (χ1n) is 10.8. The molecule has 0 aliphatic heterocycles. The minimum Gasteiger partial charge on any atom is -0.207 e. The molecule has 2 heteroatoms. The van der Waals surface area contributed by atoms with Gasteiger partial charge in [0.05, 0.1) is 0 Å². The van der Waals surface area contributed by atoms with Crippen LogP contribution in [0.2, 0.25) is 0 Å². The molecule has 0 unspecified atom stereocenters. The Balaban J connectivity index is 1.69. The van der Waals surface area contributed by atoms with E-state index in [0.717, 1.165) is 41.9 Å². The van der Waals surface area contributed by atoms with E-state index in [2.05, 4.69) is 13.5 Å². The van der Waals surface area contributed by atoms with E-state index in [1.807, 2.05) is 18.2 Å². The lowest BCUT2D eigenvalue weighted by atomic mass is 9.77. The number of rotatable bonds is 8. The van der Waals surface area contributed by atoms with Crippen LogP contribution in [0.25, 0.3) is 11.1 Å². The molecule has 2 aromatic rings. The van der Waals surface area contributed by atoms with Gasteiger partial charge in [-0.15, -0.1) is 6.58 Å². The predicted molar refractivity (Wildman–Crippen MR) is 115 cm³/mol. The molecule has 1 aliphatic carbocycles. The third-order valence-corrected chi connectivity index (χ3v) is 6.26. The Hall–Kier alpha value is -1.96. The second-order valence-corrected chi connectivity index (χ2v) is 8.23. The largest absolute Gasteiger partial charge is 0.207 e. The van der Waals surface area contributed by atoms with Crippen molar-refractivity contribution in [2.75, 3.05) is 0 Å². The lowest BCUT2D eigenvalue weighted by Gasteiger charge is -2.29. The quantitative estimate of drug-likeness (QED) is 0.403. The fraction of sp³-hybridized carbons (Fsp3) is 0.462. The van der Waals surface area contributed by atoms with Crippen molar-refractivity contribution in [2.24, 2.45) is 5.92 Å². The number of hydrogen-bond donors (Lipinski definition) is 0. The molecule has 3 rings (SSSR count). The van der Waals surface area contributed by atoms with Crippen molar-refractivity contribution in [3.63, 3.8) is 0 Å². The van der Waals surface area contributed by atoms with E-state index in [4.69, 9.17) is 0 Å². The standard InChI is InChI=1S/C26H32F2/c1-3-5-7-19-9-11-20(12-10-19)24-16-15-23(18-26(24)28)22-14-13-21(8-6-4-2)25(27)17-22/h4,13-20H,2-3,5-12H2,1H3. The van der Waals surface area contributed by atoms with Crippen LogP contribution in [0, 0.1) is 17.6 Å². The molecule has 28 heavy (non-hydrogen) atoms. The average molecular weight is 383 g/mol. The average Bonchev–Trinajstić information content (AvgIpc) is 2.72. The van der Waals surface area contributed by atoms with Crippen molar-refractivity contribution in [3.8, 4) is 11.1 Å². The first-order valence-corrected chi connectivity index (χ1v) is 10.8. The Morgan fingerprint density at radius 1 is 0.964 bits per heavy atom. The third kappa shape index (κ3) is 5.10. The van der Waals surface area contributed by atoms with E-state index < -0.39 is 0 Å². The van der Waals surface area contributed by atoms with Gasteiger partial charge in [0.2, 0.25) is 0 Å². The summed E-state index contributed by atoms with van der Waals surface area (Å²) < 4.78 is 29.2. The molecule has 0 atom stereocenters. The van der Waals surface area contributed by atoms with Gasteiger partial charge >= 0.3 is 0 Å². The molecule has 1 saturated carbocycles. The topological polar surface area (TPSA) is 0 Å². The first-order chi connectivity index (χ1) is 13.6. The van der Waals surface area contributed by atoms with Crippen molar-refractivity contribution >= 4 is 0 Å². The maximum absolute atomic E-state index is 14.9. The van der Waals surface area contributed by atoms with E-state index in [-0.39, 0.29) is 11.6 Å². The summed E-state index contributed by atoms with van der Waals surface area (Å²) in [7, 11) is 0. The SMILES string of the molecule is C=CCCc1ccc(-c2ccc(C3CCC(CCCC)CC3)c(F)c2)cc1F. The van der Waals surface area contributed by atoms with Gasteiger partial charge in [0.15, 0.2) is 0 Å². The van der Waals surface area contributed by atoms with Crippen LogP contribution in [0.1, 0.15) is 75.3 Å². The predicted octanol–water partition coefficient (Wildman–Crippen LogP) is 8.21. The number of halogens is 2. The van der Waals surface area contributed by atoms with Crippen LogP contribution in [0.3, 0.4) is 0 Å². The lowest BCUT2D eigenvalue weighted by molar-refractivity contribution is 0.301. The van der Waals surface area contributed by atoms with E-state index in [0.29, 0.717) is 17.9 Å². The number of benzene rings is 2. The molecule has 0 bridgehead atoms. The second kappa shape index (κ2) is 10.0. The van der Waals surface area contributed by atoms with Gasteiger partial charge in [0, 0.05) is 0 Å². The van der Waals surface area contributed by atoms with Gasteiger partial charge in [-0.25, -0.2) is 8.78 Å². The van der Waals surface area contributed by atoms with Gasteiger partial charge in [0.25, 0.3) is 0 Å². The fourth-order valence-electron chi connectivity index (χ4n) is 4.48. The Bertz CT molecular complexity index is 785. The highest BCUT2D eigenvalue weighted by molar-refractivity contribution is 5.64. The summed E-state index contributed by atoms with van der Waals surface area (Å²) >= 11 is 0. The minimum absolute atomic E-state index is 0.148. The van der Waals surface area contributed by atoms with Crippen molar-refractivity contribution in [2.45, 2.75) is 70.6 Å². The van der Waals surface area contributed by atoms with Crippen molar-refractivity contribution < 1.29 is 8.78 Å². The molecule has 0 heterocycles. The van der Waals surface area contributed by atoms with Crippen LogP contribution >= 0.6 is 0 Å². The molecular formula is C26H32F2. The summed E-state index contributed by atoms with van der Waals surface area (Å²) in [4.78, 5) is 0. The molecule has 0 radical (unpaired) electrons. The van der Waals surface area contributed by atoms with E-state index in [1.54, 1.807) is 18.2 Å². The summed E-state index contributed by atoms with van der Waals surface area (Å²) in [6.45, 7) is 5.92. The van der Waals surface area contributed by atoms with Crippen LogP contribution in [0.4, 0.5) is 8.78 Å². The maximum Gasteiger partial charge on any atom is 0.127 e. The number of allylic oxidation sites excluding steroid dienone is 1. The van der Waals surface area contributed by atoms with Crippen molar-refractivity contribution in [3.05, 3.63) is 71.8 Å². The summed E-state index contributed by atoms with van der Waals surface area (Å²) in [6.07, 6.45) is 11.6. The van der Waals surface area contributed by atoms with Crippen LogP contribution in [0.5, 0.6) is 0 Å². The van der Waals surface area contributed by atoms with E-state index in [9.17, 15) is 8.78 Å². The highest BCUT2D eigenvalue weighted by Crippen LogP contribution is 2.39. The minimum atomic E-state index is -0.228. The zero-order valence-electron chi connectivity index (χ0n) is 17.0. The zero-order valence-corrected chi connectivity index (χ0v) is 17.0. The van der Waals surface area contributed by atoms with E-state index >= 15 is 0 Å². The highest BCUT2D eigenvalue weighted by atomic mass is 19.1. The Morgan fingerprint density at radius 2 is 1.64 bits per heavy atom. The first kappa shape index (κ1) is 20.8. The summed E-state index contributed by atoms with van der Waals surface area (Å²) in [5.74, 6) is 0.769. The molecule has 150 valence electrons. The number of hydrogen-bond acceptors (Lipinski definition) is 0. The van der Waals surface area contributed by atoms with Gasteiger partial charge in [-0.05, 0) is 84.7 Å². The van der Waals surface area contributed by atoms with Crippen LogP contribution in [0.15, 0.2) is 49.1 Å². The van der Waals surface area contributed by atoms with Gasteiger partial charge in [0.1, 0.15) is 11.6 Å². The molecule has 0 saturated heterocycles. The maximum atomic E-state index is 14.9. The third-order valence-electron chi connectivity index (χ3n) is 6.26. The molecule has 1 aliphatic rings. The molecule has 1 fully saturated rings. The smallest absolute Gasteiger partial charge is 0.127 e. The van der Waals surface area contributed by atoms with Gasteiger partial charge in [-0.2, -0.15) is 0 Å². The van der Waals surface area contributed by atoms with Crippen LogP contribution in [-0.4, -0.2) is 0 Å². The molecule has 0 N–H and O–H groups in total. The summed E-state index contributed by atoms with van der Waals surface area (Å²) in [5, 5.41) is 0. The van der Waals surface area contributed by atoms with Gasteiger partial charge < -0.3 is 0 Å². The molecule has 0 amide bonds. The highest BCUT2D eigenvalue weighted by Gasteiger charge is 2.24. The fourth-order valence-corrected chi connectivity index (χ4v) is 4.48. The monoisotopic (exact) mass is 382 g/mol. The molecule has 0 nitrogen and oxygen atoms in total. The van der Waals surface area contributed by atoms with Crippen LogP contribution in [-0.2, 0) is 6.42 Å². The summed E-state index contributed by atoms with van der Waals surface area (Å²) in [5.41, 5.74) is 2.99. The van der Waals surface area contributed by atoms with Crippen molar-refractivity contribution in [1.29, 1.82) is 0 Å². The van der Waals surface area contributed by atoms with Crippen LogP contribution < -0.4 is 0 Å². The molecule has 0 spiro atoms. The molecule has 2 aromatic carbocycles. The molecule has 0 aromatic heterocycles. The van der Waals surface area contributed by atoms with Gasteiger partial charge in [-0.1, -0.05) is 56.5 Å². The lowest BCUT2D eigenvalue weighted by Crippen LogP contribution is -2.14. The second-order valence-electron chi connectivity index (χ2n) is 8.23. The Morgan fingerprint density at radius 3 is 2.25 bits per heavy atom. The molecular weight excluding hydrogens is 350 g/mol. The van der Waals surface area contributed by atoms with E-state index in [1.165, 1.54) is 38.2 Å². The Kier molecular flexibility index (Phi) is 7.42. The normalized spacial score (nSPS) is 19.5. The Labute approximate surface area is 168 Å².